The number of nitrogens with one attached hydrogen (secondary N) is 1. The minimum absolute atomic E-state index is 0.0207. The molecule has 1 unspecified atom stereocenters. The van der Waals surface area contributed by atoms with E-state index in [1.165, 1.54) is 37.3 Å². The number of halogens is 5. The van der Waals surface area contributed by atoms with Crippen LogP contribution in [0.3, 0.4) is 0 Å². The number of aryl methyl sites for hydroxylation is 1. The molecule has 1 amide bonds. The second kappa shape index (κ2) is 7.77. The SMILES string of the molecule is Cc1oc2ccc(OCc3ccccc3C(F)(F)F)c(C3CNCC3(F)F)c2c1C(N)=O. The molecule has 4 rings (SSSR count). The Balaban J connectivity index is 1.85. The van der Waals surface area contributed by atoms with E-state index in [1.807, 2.05) is 0 Å². The second-order valence-corrected chi connectivity index (χ2v) is 7.64. The zero-order valence-corrected chi connectivity index (χ0v) is 16.9. The molecule has 0 radical (unpaired) electrons. The molecule has 1 aliphatic heterocycles. The highest BCUT2D eigenvalue weighted by molar-refractivity contribution is 6.08. The number of benzene rings is 2. The lowest BCUT2D eigenvalue weighted by atomic mass is 9.89. The Kier molecular flexibility index (Phi) is 5.36. The van der Waals surface area contributed by atoms with E-state index in [0.29, 0.717) is 0 Å². The molecule has 0 aliphatic carbocycles. The van der Waals surface area contributed by atoms with Gasteiger partial charge in [-0.2, -0.15) is 13.2 Å². The number of primary amides is 1. The molecule has 170 valence electrons. The van der Waals surface area contributed by atoms with Crippen molar-refractivity contribution in [2.75, 3.05) is 13.1 Å². The van der Waals surface area contributed by atoms with Crippen molar-refractivity contribution in [1.29, 1.82) is 0 Å². The molecule has 0 bridgehead atoms. The maximum absolute atomic E-state index is 14.7. The van der Waals surface area contributed by atoms with E-state index in [1.54, 1.807) is 0 Å². The molecule has 2 heterocycles. The first kappa shape index (κ1) is 22.1. The summed E-state index contributed by atoms with van der Waals surface area (Å²) in [7, 11) is 0. The zero-order chi connectivity index (χ0) is 23.3. The summed E-state index contributed by atoms with van der Waals surface area (Å²) in [6.07, 6.45) is -4.60. The number of amides is 1. The molecule has 1 atom stereocenters. The lowest BCUT2D eigenvalue weighted by molar-refractivity contribution is -0.138. The van der Waals surface area contributed by atoms with Crippen LogP contribution in [0.4, 0.5) is 22.0 Å². The summed E-state index contributed by atoms with van der Waals surface area (Å²) in [6.45, 7) is 0.259. The van der Waals surface area contributed by atoms with E-state index in [-0.39, 0.29) is 45.7 Å². The van der Waals surface area contributed by atoms with Crippen molar-refractivity contribution >= 4 is 16.9 Å². The van der Waals surface area contributed by atoms with Crippen LogP contribution in [0.1, 0.15) is 38.7 Å². The van der Waals surface area contributed by atoms with Crippen LogP contribution >= 0.6 is 0 Å². The summed E-state index contributed by atoms with van der Waals surface area (Å²) in [5, 5.41) is 2.70. The third kappa shape index (κ3) is 3.79. The van der Waals surface area contributed by atoms with Crippen LogP contribution in [0.15, 0.2) is 40.8 Å². The van der Waals surface area contributed by atoms with Gasteiger partial charge in [-0.1, -0.05) is 18.2 Å². The highest BCUT2D eigenvalue weighted by Gasteiger charge is 2.47. The Morgan fingerprint density at radius 1 is 1.25 bits per heavy atom. The zero-order valence-electron chi connectivity index (χ0n) is 16.9. The van der Waals surface area contributed by atoms with Gasteiger partial charge in [0.1, 0.15) is 23.7 Å². The van der Waals surface area contributed by atoms with Crippen LogP contribution in [-0.2, 0) is 12.8 Å². The van der Waals surface area contributed by atoms with Crippen molar-refractivity contribution in [3.05, 3.63) is 64.4 Å². The number of nitrogens with two attached hydrogens (primary N) is 1. The van der Waals surface area contributed by atoms with Crippen LogP contribution < -0.4 is 15.8 Å². The van der Waals surface area contributed by atoms with Crippen LogP contribution in [0.25, 0.3) is 11.0 Å². The maximum Gasteiger partial charge on any atom is 0.416 e. The monoisotopic (exact) mass is 454 g/mol. The Bertz CT molecular complexity index is 1190. The summed E-state index contributed by atoms with van der Waals surface area (Å²) < 4.78 is 80.6. The number of furan rings is 1. The molecule has 0 saturated carbocycles. The number of ether oxygens (including phenoxy) is 1. The Labute approximate surface area is 179 Å². The highest BCUT2D eigenvalue weighted by atomic mass is 19.4. The molecule has 0 spiro atoms. The average molecular weight is 454 g/mol. The maximum atomic E-state index is 14.7. The number of carbonyl (C=O) groups is 1. The van der Waals surface area contributed by atoms with Crippen molar-refractivity contribution in [2.45, 2.75) is 31.5 Å². The van der Waals surface area contributed by atoms with E-state index in [0.717, 1.165) is 6.07 Å². The molecule has 5 nitrogen and oxygen atoms in total. The van der Waals surface area contributed by atoms with Gasteiger partial charge in [-0.15, -0.1) is 0 Å². The molecule has 1 saturated heterocycles. The van der Waals surface area contributed by atoms with Crippen molar-refractivity contribution in [3.63, 3.8) is 0 Å². The number of carbonyl (C=O) groups excluding carboxylic acids is 1. The van der Waals surface area contributed by atoms with Crippen molar-refractivity contribution < 1.29 is 35.9 Å². The first-order valence-electron chi connectivity index (χ1n) is 9.73. The predicted octanol–water partition coefficient (Wildman–Crippen LogP) is 4.76. The fourth-order valence-electron chi connectivity index (χ4n) is 4.13. The lowest BCUT2D eigenvalue weighted by Gasteiger charge is -2.23. The average Bonchev–Trinajstić information content (AvgIpc) is 3.23. The van der Waals surface area contributed by atoms with Gasteiger partial charge in [0.2, 0.25) is 0 Å². The quantitative estimate of drug-likeness (QED) is 0.545. The third-order valence-electron chi connectivity index (χ3n) is 5.55. The van der Waals surface area contributed by atoms with Gasteiger partial charge in [-0.3, -0.25) is 4.79 Å². The molecular formula is C22H19F5N2O3. The van der Waals surface area contributed by atoms with Gasteiger partial charge < -0.3 is 20.2 Å². The van der Waals surface area contributed by atoms with E-state index in [4.69, 9.17) is 14.9 Å². The van der Waals surface area contributed by atoms with Gasteiger partial charge in [0.25, 0.3) is 11.8 Å². The van der Waals surface area contributed by atoms with Crippen LogP contribution in [-0.4, -0.2) is 24.9 Å². The van der Waals surface area contributed by atoms with E-state index in [9.17, 15) is 26.7 Å². The number of alkyl halides is 5. The van der Waals surface area contributed by atoms with Gasteiger partial charge in [0.15, 0.2) is 0 Å². The normalized spacial score (nSPS) is 18.2. The summed E-state index contributed by atoms with van der Waals surface area (Å²) in [5.74, 6) is -5.35. The smallest absolute Gasteiger partial charge is 0.416 e. The van der Waals surface area contributed by atoms with E-state index < -0.39 is 42.6 Å². The number of hydrogen-bond donors (Lipinski definition) is 2. The van der Waals surface area contributed by atoms with Crippen molar-refractivity contribution in [1.82, 2.24) is 5.32 Å². The second-order valence-electron chi connectivity index (χ2n) is 7.64. The van der Waals surface area contributed by atoms with Crippen molar-refractivity contribution in [2.24, 2.45) is 5.73 Å². The molecule has 1 aromatic heterocycles. The van der Waals surface area contributed by atoms with E-state index in [2.05, 4.69) is 5.32 Å². The number of fused-ring (bicyclic) bond motifs is 1. The fraction of sp³-hybridized carbons (Fsp3) is 0.318. The largest absolute Gasteiger partial charge is 0.489 e. The van der Waals surface area contributed by atoms with E-state index >= 15 is 0 Å². The topological polar surface area (TPSA) is 77.5 Å². The van der Waals surface area contributed by atoms with Gasteiger partial charge in [-0.05, 0) is 25.1 Å². The lowest BCUT2D eigenvalue weighted by Crippen LogP contribution is -2.26. The summed E-state index contributed by atoms with van der Waals surface area (Å²) in [6, 6.07) is 7.63. The fourth-order valence-corrected chi connectivity index (χ4v) is 4.13. The van der Waals surface area contributed by atoms with Crippen LogP contribution in [0.2, 0.25) is 0 Å². The molecule has 1 fully saturated rings. The van der Waals surface area contributed by atoms with Gasteiger partial charge in [-0.25, -0.2) is 8.78 Å². The first-order chi connectivity index (χ1) is 15.0. The van der Waals surface area contributed by atoms with Crippen LogP contribution in [0, 0.1) is 6.92 Å². The molecular weight excluding hydrogens is 435 g/mol. The Hall–Kier alpha value is -3.14. The highest BCUT2D eigenvalue weighted by Crippen LogP contribution is 2.46. The summed E-state index contributed by atoms with van der Waals surface area (Å²) >= 11 is 0. The third-order valence-corrected chi connectivity index (χ3v) is 5.55. The standard InChI is InChI=1S/C22H19F5N2O3/c1-11-17(20(28)30)19-16(32-11)7-6-15(18(19)14-8-29-10-21(14,23)24)31-9-12-4-2-3-5-13(12)22(25,26)27/h2-7,14,29H,8-10H2,1H3,(H2,28,30). The first-order valence-corrected chi connectivity index (χ1v) is 9.73. The van der Waals surface area contributed by atoms with Gasteiger partial charge >= 0.3 is 6.18 Å². The Morgan fingerprint density at radius 3 is 2.59 bits per heavy atom. The Morgan fingerprint density at radius 2 is 1.97 bits per heavy atom. The number of rotatable bonds is 5. The predicted molar refractivity (Wildman–Crippen MR) is 106 cm³/mol. The molecule has 3 aromatic rings. The van der Waals surface area contributed by atoms with Crippen LogP contribution in [0.5, 0.6) is 5.75 Å². The number of hydrogen-bond acceptors (Lipinski definition) is 4. The minimum Gasteiger partial charge on any atom is -0.489 e. The summed E-state index contributed by atoms with van der Waals surface area (Å²) in [5.41, 5.74) is 4.53. The molecule has 3 N–H and O–H groups in total. The molecule has 1 aliphatic rings. The minimum atomic E-state index is -4.60. The molecule has 10 heteroatoms. The van der Waals surface area contributed by atoms with Gasteiger partial charge in [0.05, 0.1) is 23.6 Å². The molecule has 2 aromatic carbocycles. The molecule has 32 heavy (non-hydrogen) atoms. The van der Waals surface area contributed by atoms with Gasteiger partial charge in [0, 0.05) is 23.1 Å². The van der Waals surface area contributed by atoms with Crippen molar-refractivity contribution in [3.8, 4) is 5.75 Å². The summed E-state index contributed by atoms with van der Waals surface area (Å²) in [4.78, 5) is 12.1.